The summed E-state index contributed by atoms with van der Waals surface area (Å²) in [5.74, 6) is -1.35. The SMILES string of the molecule is CC1CN(C(=O)NC[C@H](O)C(=O)O)CCO1. The zero-order valence-corrected chi connectivity index (χ0v) is 9.05. The van der Waals surface area contributed by atoms with E-state index in [-0.39, 0.29) is 18.7 Å². The maximum atomic E-state index is 11.5. The fourth-order valence-corrected chi connectivity index (χ4v) is 1.39. The van der Waals surface area contributed by atoms with Crippen molar-refractivity contribution in [1.29, 1.82) is 0 Å². The Kier molecular flexibility index (Phi) is 4.51. The molecule has 2 atom stereocenters. The van der Waals surface area contributed by atoms with E-state index in [2.05, 4.69) is 5.32 Å². The number of urea groups is 1. The average molecular weight is 232 g/mol. The minimum Gasteiger partial charge on any atom is -0.479 e. The Hall–Kier alpha value is -1.34. The summed E-state index contributed by atoms with van der Waals surface area (Å²) in [5.41, 5.74) is 0. The Bertz CT molecular complexity index is 271. The molecule has 1 heterocycles. The molecule has 1 fully saturated rings. The summed E-state index contributed by atoms with van der Waals surface area (Å²) in [5, 5.41) is 19.7. The number of nitrogens with one attached hydrogen (secondary N) is 1. The zero-order chi connectivity index (χ0) is 12.1. The van der Waals surface area contributed by atoms with E-state index in [4.69, 9.17) is 14.9 Å². The van der Waals surface area contributed by atoms with Crippen molar-refractivity contribution in [3.63, 3.8) is 0 Å². The van der Waals surface area contributed by atoms with Crippen molar-refractivity contribution in [2.24, 2.45) is 0 Å². The van der Waals surface area contributed by atoms with Crippen LogP contribution in [0.3, 0.4) is 0 Å². The van der Waals surface area contributed by atoms with Gasteiger partial charge in [-0.25, -0.2) is 9.59 Å². The van der Waals surface area contributed by atoms with Crippen LogP contribution in [-0.4, -0.2) is 65.6 Å². The monoisotopic (exact) mass is 232 g/mol. The molecule has 0 aromatic rings. The van der Waals surface area contributed by atoms with Gasteiger partial charge in [0.1, 0.15) is 0 Å². The number of hydrogen-bond donors (Lipinski definition) is 3. The Labute approximate surface area is 93.0 Å². The van der Waals surface area contributed by atoms with E-state index >= 15 is 0 Å². The third kappa shape index (κ3) is 3.67. The van der Waals surface area contributed by atoms with Crippen LogP contribution < -0.4 is 5.32 Å². The second kappa shape index (κ2) is 5.66. The molecule has 2 amide bonds. The van der Waals surface area contributed by atoms with E-state index in [0.717, 1.165) is 0 Å². The van der Waals surface area contributed by atoms with Crippen molar-refractivity contribution >= 4 is 12.0 Å². The number of carbonyl (C=O) groups excluding carboxylic acids is 1. The molecule has 0 aromatic heterocycles. The van der Waals surface area contributed by atoms with Crippen molar-refractivity contribution in [2.75, 3.05) is 26.2 Å². The predicted octanol–water partition coefficient (Wildman–Crippen LogP) is -1.14. The minimum absolute atomic E-state index is 0.0242. The number of ether oxygens (including phenoxy) is 1. The molecule has 3 N–H and O–H groups in total. The minimum atomic E-state index is -1.57. The van der Waals surface area contributed by atoms with Gasteiger partial charge < -0.3 is 25.2 Å². The van der Waals surface area contributed by atoms with Crippen molar-refractivity contribution in [2.45, 2.75) is 19.1 Å². The van der Waals surface area contributed by atoms with Gasteiger partial charge in [-0.3, -0.25) is 0 Å². The van der Waals surface area contributed by atoms with Crippen molar-refractivity contribution in [3.8, 4) is 0 Å². The largest absolute Gasteiger partial charge is 0.479 e. The van der Waals surface area contributed by atoms with Crippen LogP contribution >= 0.6 is 0 Å². The lowest BCUT2D eigenvalue weighted by atomic mass is 10.3. The smallest absolute Gasteiger partial charge is 0.334 e. The number of nitrogens with zero attached hydrogens (tertiary/aromatic N) is 1. The summed E-state index contributed by atoms with van der Waals surface area (Å²) in [4.78, 5) is 23.4. The molecule has 1 unspecified atom stereocenters. The number of amides is 2. The highest BCUT2D eigenvalue weighted by atomic mass is 16.5. The summed E-state index contributed by atoms with van der Waals surface area (Å²) in [7, 11) is 0. The Morgan fingerprint density at radius 2 is 2.31 bits per heavy atom. The number of carbonyl (C=O) groups is 2. The number of rotatable bonds is 3. The molecular weight excluding hydrogens is 216 g/mol. The molecule has 92 valence electrons. The number of carboxylic acid groups (broad SMARTS) is 1. The van der Waals surface area contributed by atoms with E-state index < -0.39 is 12.1 Å². The lowest BCUT2D eigenvalue weighted by Crippen LogP contribution is -2.50. The molecular formula is C9H16N2O5. The van der Waals surface area contributed by atoms with E-state index in [1.807, 2.05) is 6.92 Å². The van der Waals surface area contributed by atoms with Crippen LogP contribution in [0.5, 0.6) is 0 Å². The fraction of sp³-hybridized carbons (Fsp3) is 0.778. The van der Waals surface area contributed by atoms with E-state index in [9.17, 15) is 9.59 Å². The highest BCUT2D eigenvalue weighted by Crippen LogP contribution is 2.03. The summed E-state index contributed by atoms with van der Waals surface area (Å²) in [6, 6.07) is -0.379. The quantitative estimate of drug-likeness (QED) is 0.571. The molecule has 0 bridgehead atoms. The molecule has 0 aliphatic carbocycles. The lowest BCUT2D eigenvalue weighted by molar-refractivity contribution is -0.146. The summed E-state index contributed by atoms with van der Waals surface area (Å²) in [6.45, 7) is 2.97. The maximum absolute atomic E-state index is 11.5. The molecule has 1 aliphatic rings. The Morgan fingerprint density at radius 1 is 1.62 bits per heavy atom. The van der Waals surface area contributed by atoms with Crippen LogP contribution in [0, 0.1) is 0 Å². The average Bonchev–Trinajstić information content (AvgIpc) is 2.25. The first-order chi connectivity index (χ1) is 7.50. The predicted molar refractivity (Wildman–Crippen MR) is 54.0 cm³/mol. The first-order valence-electron chi connectivity index (χ1n) is 5.06. The van der Waals surface area contributed by atoms with E-state index in [0.29, 0.717) is 19.7 Å². The normalized spacial score (nSPS) is 22.6. The summed E-state index contributed by atoms with van der Waals surface area (Å²) in [6.07, 6.45) is -1.59. The van der Waals surface area contributed by atoms with Crippen molar-refractivity contribution in [3.05, 3.63) is 0 Å². The Balaban J connectivity index is 2.31. The van der Waals surface area contributed by atoms with Crippen LogP contribution in [0.1, 0.15) is 6.92 Å². The first kappa shape index (κ1) is 12.7. The molecule has 1 saturated heterocycles. The van der Waals surface area contributed by atoms with Gasteiger partial charge >= 0.3 is 12.0 Å². The van der Waals surface area contributed by atoms with Crippen LogP contribution in [0.25, 0.3) is 0 Å². The van der Waals surface area contributed by atoms with Gasteiger partial charge in [0.15, 0.2) is 6.10 Å². The molecule has 7 nitrogen and oxygen atoms in total. The van der Waals surface area contributed by atoms with Gasteiger partial charge in [-0.1, -0.05) is 0 Å². The maximum Gasteiger partial charge on any atom is 0.334 e. The molecule has 1 rings (SSSR count). The summed E-state index contributed by atoms with van der Waals surface area (Å²) >= 11 is 0. The van der Waals surface area contributed by atoms with Crippen LogP contribution in [-0.2, 0) is 9.53 Å². The van der Waals surface area contributed by atoms with Gasteiger partial charge in [0.2, 0.25) is 0 Å². The molecule has 0 saturated carbocycles. The van der Waals surface area contributed by atoms with Gasteiger partial charge in [-0.05, 0) is 6.92 Å². The number of morpholine rings is 1. The molecule has 7 heteroatoms. The molecule has 0 aromatic carbocycles. The van der Waals surface area contributed by atoms with Crippen molar-refractivity contribution < 1.29 is 24.5 Å². The Morgan fingerprint density at radius 3 is 2.88 bits per heavy atom. The zero-order valence-electron chi connectivity index (χ0n) is 9.05. The molecule has 0 radical (unpaired) electrons. The molecule has 1 aliphatic heterocycles. The van der Waals surface area contributed by atoms with Crippen LogP contribution in [0.4, 0.5) is 4.79 Å². The highest BCUT2D eigenvalue weighted by molar-refractivity contribution is 5.76. The standard InChI is InChI=1S/C9H16N2O5/c1-6-5-11(2-3-16-6)9(15)10-4-7(12)8(13)14/h6-7,12H,2-5H2,1H3,(H,10,15)(H,13,14)/t6?,7-/m0/s1. The molecule has 0 spiro atoms. The topological polar surface area (TPSA) is 99.1 Å². The van der Waals surface area contributed by atoms with Gasteiger partial charge in [-0.2, -0.15) is 0 Å². The highest BCUT2D eigenvalue weighted by Gasteiger charge is 2.22. The number of hydrogen-bond acceptors (Lipinski definition) is 4. The van der Waals surface area contributed by atoms with E-state index in [1.54, 1.807) is 0 Å². The second-order valence-corrected chi connectivity index (χ2v) is 3.67. The third-order valence-corrected chi connectivity index (χ3v) is 2.26. The summed E-state index contributed by atoms with van der Waals surface area (Å²) < 4.78 is 5.26. The number of carboxylic acids is 1. The number of aliphatic hydroxyl groups excluding tert-OH is 1. The van der Waals surface area contributed by atoms with Gasteiger partial charge in [0.25, 0.3) is 0 Å². The fourth-order valence-electron chi connectivity index (χ4n) is 1.39. The number of aliphatic hydroxyl groups is 1. The third-order valence-electron chi connectivity index (χ3n) is 2.26. The lowest BCUT2D eigenvalue weighted by Gasteiger charge is -2.31. The van der Waals surface area contributed by atoms with Crippen LogP contribution in [0.2, 0.25) is 0 Å². The van der Waals surface area contributed by atoms with Gasteiger partial charge in [-0.15, -0.1) is 0 Å². The number of aliphatic carboxylic acids is 1. The second-order valence-electron chi connectivity index (χ2n) is 3.67. The molecule has 16 heavy (non-hydrogen) atoms. The van der Waals surface area contributed by atoms with Gasteiger partial charge in [0.05, 0.1) is 19.3 Å². The van der Waals surface area contributed by atoms with Gasteiger partial charge in [0, 0.05) is 13.1 Å². The first-order valence-corrected chi connectivity index (χ1v) is 5.06. The van der Waals surface area contributed by atoms with E-state index in [1.165, 1.54) is 4.90 Å². The van der Waals surface area contributed by atoms with Crippen LogP contribution in [0.15, 0.2) is 0 Å². The van der Waals surface area contributed by atoms with Crippen molar-refractivity contribution in [1.82, 2.24) is 10.2 Å².